The number of aromatic nitrogens is 3. The highest BCUT2D eigenvalue weighted by atomic mass is 35.5. The smallest absolute Gasteiger partial charge is 0.337 e. The number of hydrogen-bond donors (Lipinski definition) is 0. The topological polar surface area (TPSA) is 77.3 Å². The van der Waals surface area contributed by atoms with Gasteiger partial charge in [-0.3, -0.25) is 4.79 Å². The summed E-state index contributed by atoms with van der Waals surface area (Å²) >= 11 is 5.93. The Morgan fingerprint density at radius 2 is 1.89 bits per heavy atom. The molecule has 1 aliphatic heterocycles. The number of carbonyl (C=O) groups is 2. The maximum absolute atomic E-state index is 13.0. The van der Waals surface area contributed by atoms with Crippen LogP contribution in [0.5, 0.6) is 0 Å². The fourth-order valence-electron chi connectivity index (χ4n) is 3.29. The van der Waals surface area contributed by atoms with Crippen molar-refractivity contribution in [2.75, 3.05) is 18.6 Å². The van der Waals surface area contributed by atoms with Crippen LogP contribution >= 0.6 is 11.6 Å². The zero-order valence-electron chi connectivity index (χ0n) is 15.3. The molecular formula is C20H17ClN4O3. The minimum atomic E-state index is -0.397. The van der Waals surface area contributed by atoms with Gasteiger partial charge in [-0.1, -0.05) is 11.6 Å². The summed E-state index contributed by atoms with van der Waals surface area (Å²) in [5, 5.41) is 5.01. The number of halogens is 1. The van der Waals surface area contributed by atoms with Crippen molar-refractivity contribution in [3.63, 3.8) is 0 Å². The first-order valence-corrected chi connectivity index (χ1v) is 9.08. The number of amides is 1. The number of anilines is 1. The summed E-state index contributed by atoms with van der Waals surface area (Å²) in [6.45, 7) is 2.30. The fraction of sp³-hybridized carbons (Fsp3) is 0.200. The van der Waals surface area contributed by atoms with Crippen molar-refractivity contribution in [2.45, 2.75) is 13.3 Å². The normalized spacial score (nSPS) is 12.8. The molecule has 2 heterocycles. The monoisotopic (exact) mass is 396 g/mol. The van der Waals surface area contributed by atoms with Crippen LogP contribution < -0.4 is 4.90 Å². The van der Waals surface area contributed by atoms with E-state index >= 15 is 0 Å². The van der Waals surface area contributed by atoms with Gasteiger partial charge in [-0.2, -0.15) is 0 Å². The minimum absolute atomic E-state index is 0.123. The Bertz CT molecular complexity index is 1080. The third kappa shape index (κ3) is 3.14. The molecular weight excluding hydrogens is 380 g/mol. The second kappa shape index (κ2) is 7.09. The molecule has 0 radical (unpaired) electrons. The summed E-state index contributed by atoms with van der Waals surface area (Å²) in [4.78, 5) is 30.7. The Kier molecular flexibility index (Phi) is 4.60. The van der Waals surface area contributed by atoms with Gasteiger partial charge in [0.1, 0.15) is 5.82 Å². The van der Waals surface area contributed by atoms with Gasteiger partial charge < -0.3 is 9.64 Å². The third-order valence-electron chi connectivity index (χ3n) is 4.67. The van der Waals surface area contributed by atoms with Gasteiger partial charge in [-0.05, 0) is 61.4 Å². The first-order chi connectivity index (χ1) is 13.5. The molecule has 0 aliphatic carbocycles. The molecule has 142 valence electrons. The molecule has 1 aromatic heterocycles. The molecule has 0 N–H and O–H groups in total. The molecule has 0 saturated carbocycles. The lowest BCUT2D eigenvalue weighted by Gasteiger charge is -2.15. The summed E-state index contributed by atoms with van der Waals surface area (Å²) in [7, 11) is 1.34. The highest BCUT2D eigenvalue weighted by Crippen LogP contribution is 2.30. The zero-order valence-corrected chi connectivity index (χ0v) is 16.1. The number of aryl methyl sites for hydroxylation is 1. The number of ether oxygens (including phenoxy) is 1. The van der Waals surface area contributed by atoms with Gasteiger partial charge in [0.2, 0.25) is 5.82 Å². The van der Waals surface area contributed by atoms with Gasteiger partial charge in [-0.25, -0.2) is 14.5 Å². The standard InChI is InChI=1S/C20H17ClN4O3/c1-12-22-18(23-25(12)16-6-4-15(21)5-7-16)19(26)24-10-9-13-11-14(20(27)28-2)3-8-17(13)24/h3-8,11H,9-10H2,1-2H3. The Hall–Kier alpha value is -3.19. The molecule has 2 aromatic carbocycles. The number of benzene rings is 2. The average Bonchev–Trinajstić information content (AvgIpc) is 3.30. The van der Waals surface area contributed by atoms with Crippen molar-refractivity contribution in [2.24, 2.45) is 0 Å². The van der Waals surface area contributed by atoms with Crippen LogP contribution in [0.2, 0.25) is 5.02 Å². The molecule has 0 spiro atoms. The Morgan fingerprint density at radius 1 is 1.14 bits per heavy atom. The summed E-state index contributed by atoms with van der Waals surface area (Å²) in [5.74, 6) is 0.0513. The molecule has 28 heavy (non-hydrogen) atoms. The van der Waals surface area contributed by atoms with E-state index in [-0.39, 0.29) is 11.7 Å². The van der Waals surface area contributed by atoms with Gasteiger partial charge in [0.05, 0.1) is 18.4 Å². The van der Waals surface area contributed by atoms with Crippen LogP contribution in [-0.2, 0) is 11.2 Å². The molecule has 0 saturated heterocycles. The molecule has 1 amide bonds. The van der Waals surface area contributed by atoms with E-state index in [9.17, 15) is 9.59 Å². The van der Waals surface area contributed by atoms with Crippen LogP contribution in [0.3, 0.4) is 0 Å². The van der Waals surface area contributed by atoms with Gasteiger partial charge in [-0.15, -0.1) is 5.10 Å². The van der Waals surface area contributed by atoms with Crippen LogP contribution in [0, 0.1) is 6.92 Å². The molecule has 7 nitrogen and oxygen atoms in total. The Labute approximate surface area is 166 Å². The number of rotatable bonds is 3. The van der Waals surface area contributed by atoms with Crippen LogP contribution in [0.25, 0.3) is 5.69 Å². The van der Waals surface area contributed by atoms with E-state index in [2.05, 4.69) is 10.1 Å². The molecule has 4 rings (SSSR count). The predicted octanol–water partition coefficient (Wildman–Crippen LogP) is 3.22. The molecule has 0 unspecified atom stereocenters. The summed E-state index contributed by atoms with van der Waals surface area (Å²) < 4.78 is 6.37. The summed E-state index contributed by atoms with van der Waals surface area (Å²) in [6.07, 6.45) is 0.656. The van der Waals surface area contributed by atoms with Gasteiger partial charge in [0.15, 0.2) is 0 Å². The minimum Gasteiger partial charge on any atom is -0.465 e. The molecule has 0 atom stereocenters. The number of fused-ring (bicyclic) bond motifs is 1. The third-order valence-corrected chi connectivity index (χ3v) is 4.92. The Balaban J connectivity index is 1.63. The van der Waals surface area contributed by atoms with Crippen LogP contribution in [-0.4, -0.2) is 40.3 Å². The van der Waals surface area contributed by atoms with Crippen molar-refractivity contribution in [3.05, 3.63) is 70.3 Å². The number of methoxy groups -OCH3 is 1. The predicted molar refractivity (Wildman–Crippen MR) is 104 cm³/mol. The lowest BCUT2D eigenvalue weighted by atomic mass is 10.1. The van der Waals surface area contributed by atoms with E-state index in [1.807, 2.05) is 12.1 Å². The van der Waals surface area contributed by atoms with Gasteiger partial charge >= 0.3 is 5.97 Å². The first-order valence-electron chi connectivity index (χ1n) is 8.70. The van der Waals surface area contributed by atoms with E-state index in [1.165, 1.54) is 7.11 Å². The number of carbonyl (C=O) groups excluding carboxylic acids is 2. The second-order valence-electron chi connectivity index (χ2n) is 6.41. The number of nitrogens with zero attached hydrogens (tertiary/aromatic N) is 4. The maximum Gasteiger partial charge on any atom is 0.337 e. The van der Waals surface area contributed by atoms with Crippen LogP contribution in [0.1, 0.15) is 32.4 Å². The van der Waals surface area contributed by atoms with Crippen molar-refractivity contribution in [1.82, 2.24) is 14.8 Å². The van der Waals surface area contributed by atoms with Gasteiger partial charge in [0.25, 0.3) is 5.91 Å². The molecule has 8 heteroatoms. The molecule has 0 bridgehead atoms. The summed E-state index contributed by atoms with van der Waals surface area (Å²) in [5.41, 5.74) is 2.93. The lowest BCUT2D eigenvalue weighted by Crippen LogP contribution is -2.30. The highest BCUT2D eigenvalue weighted by molar-refractivity contribution is 6.30. The van der Waals surface area contributed by atoms with Gasteiger partial charge in [0, 0.05) is 17.3 Å². The van der Waals surface area contributed by atoms with Crippen molar-refractivity contribution >= 4 is 29.2 Å². The van der Waals surface area contributed by atoms with Crippen LogP contribution in [0.15, 0.2) is 42.5 Å². The van der Waals surface area contributed by atoms with E-state index in [1.54, 1.807) is 46.8 Å². The number of hydrogen-bond acceptors (Lipinski definition) is 5. The molecule has 3 aromatic rings. The molecule has 0 fully saturated rings. The Morgan fingerprint density at radius 3 is 2.61 bits per heavy atom. The largest absolute Gasteiger partial charge is 0.465 e. The van der Waals surface area contributed by atoms with Crippen molar-refractivity contribution in [1.29, 1.82) is 0 Å². The van der Waals surface area contributed by atoms with E-state index in [0.717, 1.165) is 16.9 Å². The SMILES string of the molecule is COC(=O)c1ccc2c(c1)CCN2C(=O)c1nc(C)n(-c2ccc(Cl)cc2)n1. The first kappa shape index (κ1) is 18.2. The molecule has 1 aliphatic rings. The quantitative estimate of drug-likeness (QED) is 0.635. The average molecular weight is 397 g/mol. The maximum atomic E-state index is 13.0. The lowest BCUT2D eigenvalue weighted by molar-refractivity contribution is 0.0600. The highest BCUT2D eigenvalue weighted by Gasteiger charge is 2.29. The van der Waals surface area contributed by atoms with E-state index in [4.69, 9.17) is 16.3 Å². The van der Waals surface area contributed by atoms with Crippen molar-refractivity contribution in [3.8, 4) is 5.69 Å². The van der Waals surface area contributed by atoms with E-state index < -0.39 is 5.97 Å². The second-order valence-corrected chi connectivity index (χ2v) is 6.85. The van der Waals surface area contributed by atoms with Crippen LogP contribution in [0.4, 0.5) is 5.69 Å². The van der Waals surface area contributed by atoms with Crippen molar-refractivity contribution < 1.29 is 14.3 Å². The summed E-state index contributed by atoms with van der Waals surface area (Å²) in [6, 6.07) is 12.3. The number of esters is 1. The fourth-order valence-corrected chi connectivity index (χ4v) is 3.41. The zero-order chi connectivity index (χ0) is 19.8. The van der Waals surface area contributed by atoms with E-state index in [0.29, 0.717) is 29.4 Å².